The van der Waals surface area contributed by atoms with Crippen molar-refractivity contribution in [2.45, 2.75) is 25.4 Å². The van der Waals surface area contributed by atoms with Crippen LogP contribution in [-0.4, -0.2) is 36.9 Å². The lowest BCUT2D eigenvalue weighted by molar-refractivity contribution is -0.384. The second-order valence-corrected chi connectivity index (χ2v) is 9.40. The number of rotatable bonds is 8. The van der Waals surface area contributed by atoms with Gasteiger partial charge in [0.05, 0.1) is 28.4 Å². The van der Waals surface area contributed by atoms with Crippen LogP contribution in [0.4, 0.5) is 11.4 Å². The SMILES string of the molecule is Cc1ccccc1NC(=O)CCN1C(=S)N[C@@H](c2ccccn2)[C@H]1c1cccn1-c1cccc([N+](=O)[O-])c1. The van der Waals surface area contributed by atoms with Crippen molar-refractivity contribution in [2.75, 3.05) is 11.9 Å². The van der Waals surface area contributed by atoms with Crippen LogP contribution in [0.1, 0.15) is 35.5 Å². The van der Waals surface area contributed by atoms with Crippen molar-refractivity contribution in [3.8, 4) is 5.69 Å². The maximum absolute atomic E-state index is 12.9. The third-order valence-corrected chi connectivity index (χ3v) is 6.95. The van der Waals surface area contributed by atoms with Gasteiger partial charge in [0.25, 0.3) is 5.69 Å². The molecule has 1 amide bonds. The van der Waals surface area contributed by atoms with Crippen LogP contribution in [-0.2, 0) is 4.79 Å². The predicted octanol–water partition coefficient (Wildman–Crippen LogP) is 5.09. The molecule has 0 unspecified atom stereocenters. The normalized spacial score (nSPS) is 16.8. The standard InChI is InChI=1S/C28H26N6O3S/c1-19-8-2-3-11-22(19)30-25(35)14-17-33-27(26(31-28(33)38)23-12-4-5-15-29-23)24-13-7-16-32(24)20-9-6-10-21(18-20)34(36)37/h2-13,15-16,18,26-27H,14,17H2,1H3,(H,30,35)(H,31,38)/t26-,27+/m0/s1. The molecule has 4 aromatic rings. The highest BCUT2D eigenvalue weighted by atomic mass is 32.1. The molecule has 5 rings (SSSR count). The topological polar surface area (TPSA) is 105 Å². The fourth-order valence-corrected chi connectivity index (χ4v) is 5.07. The van der Waals surface area contributed by atoms with E-state index in [9.17, 15) is 14.9 Å². The van der Waals surface area contributed by atoms with Crippen molar-refractivity contribution in [3.63, 3.8) is 0 Å². The summed E-state index contributed by atoms with van der Waals surface area (Å²) in [6.07, 6.45) is 3.82. The van der Waals surface area contributed by atoms with Gasteiger partial charge in [0.1, 0.15) is 0 Å². The number of anilines is 1. The molecule has 2 atom stereocenters. The molecular weight excluding hydrogens is 500 g/mol. The zero-order chi connectivity index (χ0) is 26.6. The molecule has 2 aromatic carbocycles. The largest absolute Gasteiger partial charge is 0.352 e. The van der Waals surface area contributed by atoms with Gasteiger partial charge in [-0.2, -0.15) is 0 Å². The Hall–Kier alpha value is -4.57. The smallest absolute Gasteiger partial charge is 0.271 e. The summed E-state index contributed by atoms with van der Waals surface area (Å²) in [6, 6.07) is 23.1. The summed E-state index contributed by atoms with van der Waals surface area (Å²) in [4.78, 5) is 30.4. The first-order valence-corrected chi connectivity index (χ1v) is 12.6. The summed E-state index contributed by atoms with van der Waals surface area (Å²) in [5.41, 5.74) is 4.11. The van der Waals surface area contributed by atoms with Gasteiger partial charge in [-0.3, -0.25) is 19.9 Å². The van der Waals surface area contributed by atoms with E-state index in [2.05, 4.69) is 15.6 Å². The number of non-ortho nitro benzene ring substituents is 1. The molecule has 0 radical (unpaired) electrons. The van der Waals surface area contributed by atoms with Crippen LogP contribution >= 0.6 is 12.2 Å². The number of aromatic nitrogens is 2. The summed E-state index contributed by atoms with van der Waals surface area (Å²) in [6.45, 7) is 2.32. The van der Waals surface area contributed by atoms with Gasteiger partial charge in [0, 0.05) is 48.9 Å². The number of para-hydroxylation sites is 1. The van der Waals surface area contributed by atoms with E-state index in [-0.39, 0.29) is 30.1 Å². The lowest BCUT2D eigenvalue weighted by Gasteiger charge is -2.28. The van der Waals surface area contributed by atoms with E-state index in [1.54, 1.807) is 18.3 Å². The number of carbonyl (C=O) groups is 1. The third-order valence-electron chi connectivity index (χ3n) is 6.60. The Morgan fingerprint density at radius 1 is 1.11 bits per heavy atom. The molecule has 1 aliphatic heterocycles. The van der Waals surface area contributed by atoms with Crippen LogP contribution in [0.2, 0.25) is 0 Å². The molecule has 38 heavy (non-hydrogen) atoms. The van der Waals surface area contributed by atoms with Crippen molar-refractivity contribution in [1.29, 1.82) is 0 Å². The second-order valence-electron chi connectivity index (χ2n) is 9.01. The molecule has 2 N–H and O–H groups in total. The van der Waals surface area contributed by atoms with Crippen LogP contribution in [0.5, 0.6) is 0 Å². The molecule has 10 heteroatoms. The number of nitrogens with zero attached hydrogens (tertiary/aromatic N) is 4. The summed E-state index contributed by atoms with van der Waals surface area (Å²) in [7, 11) is 0. The molecular formula is C28H26N6O3S. The second kappa shape index (κ2) is 10.8. The van der Waals surface area contributed by atoms with Gasteiger partial charge in [-0.25, -0.2) is 0 Å². The highest BCUT2D eigenvalue weighted by Gasteiger charge is 2.41. The Morgan fingerprint density at radius 3 is 2.68 bits per heavy atom. The van der Waals surface area contributed by atoms with Gasteiger partial charge in [0.15, 0.2) is 5.11 Å². The molecule has 1 aliphatic rings. The van der Waals surface area contributed by atoms with Gasteiger partial charge >= 0.3 is 0 Å². The van der Waals surface area contributed by atoms with E-state index >= 15 is 0 Å². The number of nitro benzene ring substituents is 1. The van der Waals surface area contributed by atoms with Crippen molar-refractivity contribution >= 4 is 34.6 Å². The average molecular weight is 527 g/mol. The first-order valence-electron chi connectivity index (χ1n) is 12.2. The van der Waals surface area contributed by atoms with Crippen molar-refractivity contribution < 1.29 is 9.72 Å². The first kappa shape index (κ1) is 25.1. The third kappa shape index (κ3) is 5.12. The highest BCUT2D eigenvalue weighted by molar-refractivity contribution is 7.80. The van der Waals surface area contributed by atoms with Gasteiger partial charge in [-0.05, 0) is 61.1 Å². The van der Waals surface area contributed by atoms with Crippen LogP contribution in [0.25, 0.3) is 5.69 Å². The molecule has 1 fully saturated rings. The fourth-order valence-electron chi connectivity index (χ4n) is 4.74. The van der Waals surface area contributed by atoms with E-state index in [0.29, 0.717) is 17.3 Å². The average Bonchev–Trinajstić information content (AvgIpc) is 3.53. The minimum Gasteiger partial charge on any atom is -0.352 e. The summed E-state index contributed by atoms with van der Waals surface area (Å²) >= 11 is 5.74. The quantitative estimate of drug-likeness (QED) is 0.187. The van der Waals surface area contributed by atoms with E-state index < -0.39 is 4.92 Å². The summed E-state index contributed by atoms with van der Waals surface area (Å²) in [5, 5.41) is 18.3. The summed E-state index contributed by atoms with van der Waals surface area (Å²) < 4.78 is 1.92. The zero-order valence-corrected chi connectivity index (χ0v) is 21.5. The molecule has 3 heterocycles. The number of nitrogens with one attached hydrogen (secondary N) is 2. The maximum atomic E-state index is 12.9. The number of hydrogen-bond donors (Lipinski definition) is 2. The molecule has 0 bridgehead atoms. The molecule has 0 aliphatic carbocycles. The Labute approximate surface area is 225 Å². The van der Waals surface area contributed by atoms with E-state index in [0.717, 1.165) is 22.6 Å². The molecule has 0 saturated carbocycles. The molecule has 192 valence electrons. The van der Waals surface area contributed by atoms with Crippen molar-refractivity contribution in [1.82, 2.24) is 19.8 Å². The molecule has 0 spiro atoms. The number of nitro groups is 1. The number of carbonyl (C=O) groups excluding carboxylic acids is 1. The molecule has 2 aromatic heterocycles. The van der Waals surface area contributed by atoms with E-state index in [1.165, 1.54) is 6.07 Å². The van der Waals surface area contributed by atoms with Crippen LogP contribution in [0, 0.1) is 17.0 Å². The number of pyridine rings is 1. The fraction of sp³-hybridized carbons (Fsp3) is 0.179. The number of hydrogen-bond acceptors (Lipinski definition) is 5. The van der Waals surface area contributed by atoms with E-state index in [4.69, 9.17) is 12.2 Å². The Bertz CT molecular complexity index is 1490. The van der Waals surface area contributed by atoms with Gasteiger partial charge in [-0.1, -0.05) is 30.3 Å². The van der Waals surface area contributed by atoms with E-state index in [1.807, 2.05) is 83.3 Å². The van der Waals surface area contributed by atoms with Crippen molar-refractivity contribution in [2.24, 2.45) is 0 Å². The predicted molar refractivity (Wildman–Crippen MR) is 149 cm³/mol. The zero-order valence-electron chi connectivity index (χ0n) is 20.7. The Balaban J connectivity index is 1.47. The Kier molecular flexibility index (Phi) is 7.14. The molecule has 1 saturated heterocycles. The minimum atomic E-state index is -0.408. The van der Waals surface area contributed by atoms with Crippen molar-refractivity contribution in [3.05, 3.63) is 118 Å². The number of amides is 1. The minimum absolute atomic E-state index is 0.00762. The van der Waals surface area contributed by atoms with Crippen LogP contribution in [0.15, 0.2) is 91.3 Å². The molecule has 9 nitrogen and oxygen atoms in total. The highest BCUT2D eigenvalue weighted by Crippen LogP contribution is 2.39. The lowest BCUT2D eigenvalue weighted by Crippen LogP contribution is -2.33. The Morgan fingerprint density at radius 2 is 1.92 bits per heavy atom. The number of benzene rings is 2. The number of aryl methyl sites for hydroxylation is 1. The lowest BCUT2D eigenvalue weighted by atomic mass is 10.0. The van der Waals surface area contributed by atoms with Gasteiger partial charge in [-0.15, -0.1) is 0 Å². The van der Waals surface area contributed by atoms with Gasteiger partial charge in [0.2, 0.25) is 5.91 Å². The monoisotopic (exact) mass is 526 g/mol. The van der Waals surface area contributed by atoms with Crippen LogP contribution in [0.3, 0.4) is 0 Å². The van der Waals surface area contributed by atoms with Crippen LogP contribution < -0.4 is 10.6 Å². The van der Waals surface area contributed by atoms with Gasteiger partial charge < -0.3 is 20.1 Å². The summed E-state index contributed by atoms with van der Waals surface area (Å²) in [5.74, 6) is -0.115. The first-order chi connectivity index (χ1) is 18.4. The maximum Gasteiger partial charge on any atom is 0.271 e. The number of thiocarbonyl (C=S) groups is 1.